The third-order valence-corrected chi connectivity index (χ3v) is 2.28. The molecule has 0 saturated carbocycles. The van der Waals surface area contributed by atoms with Gasteiger partial charge < -0.3 is 5.73 Å². The molecule has 1 aromatic heterocycles. The molecule has 0 aliphatic heterocycles. The van der Waals surface area contributed by atoms with Crippen molar-refractivity contribution in [3.63, 3.8) is 0 Å². The Morgan fingerprint density at radius 3 is 2.25 bits per heavy atom. The van der Waals surface area contributed by atoms with Gasteiger partial charge in [-0.05, 0) is 24.1 Å². The first-order valence-electron chi connectivity index (χ1n) is 5.05. The average Bonchev–Trinajstić information content (AvgIpc) is 2.30. The van der Waals surface area contributed by atoms with Gasteiger partial charge in [-0.25, -0.2) is 14.4 Å². The van der Waals surface area contributed by atoms with Crippen LogP contribution in [0, 0.1) is 5.82 Å². The fraction of sp³-hybridized carbons (Fsp3) is 0.167. The van der Waals surface area contributed by atoms with E-state index in [-0.39, 0.29) is 5.82 Å². The Kier molecular flexibility index (Phi) is 3.10. The van der Waals surface area contributed by atoms with E-state index in [1.807, 2.05) is 0 Å². The fourth-order valence-corrected chi connectivity index (χ4v) is 1.40. The zero-order chi connectivity index (χ0) is 11.4. The average molecular weight is 217 g/mol. The van der Waals surface area contributed by atoms with Gasteiger partial charge in [-0.3, -0.25) is 0 Å². The highest BCUT2D eigenvalue weighted by Gasteiger charge is 1.98. The van der Waals surface area contributed by atoms with Crippen LogP contribution in [0.4, 0.5) is 10.1 Å². The molecule has 1 heterocycles. The van der Waals surface area contributed by atoms with Gasteiger partial charge in [0.1, 0.15) is 11.6 Å². The van der Waals surface area contributed by atoms with E-state index in [2.05, 4.69) is 9.97 Å². The van der Waals surface area contributed by atoms with Crippen LogP contribution in [0.3, 0.4) is 0 Å². The number of rotatable bonds is 3. The molecule has 0 aliphatic carbocycles. The summed E-state index contributed by atoms with van der Waals surface area (Å²) in [6.07, 6.45) is 4.70. The summed E-state index contributed by atoms with van der Waals surface area (Å²) >= 11 is 0. The minimum Gasteiger partial charge on any atom is -0.396 e. The van der Waals surface area contributed by atoms with Gasteiger partial charge in [-0.15, -0.1) is 0 Å². The maximum atomic E-state index is 12.7. The summed E-state index contributed by atoms with van der Waals surface area (Å²) in [5.41, 5.74) is 7.12. The van der Waals surface area contributed by atoms with Crippen molar-refractivity contribution in [3.8, 4) is 0 Å². The molecule has 1 aromatic carbocycles. The SMILES string of the molecule is Nc1cnc(CCc2ccc(F)cc2)nc1. The molecular formula is C12H12FN3. The van der Waals surface area contributed by atoms with Crippen LogP contribution >= 0.6 is 0 Å². The van der Waals surface area contributed by atoms with E-state index in [0.717, 1.165) is 24.2 Å². The molecule has 82 valence electrons. The van der Waals surface area contributed by atoms with E-state index in [9.17, 15) is 4.39 Å². The van der Waals surface area contributed by atoms with Crippen molar-refractivity contribution in [2.75, 3.05) is 5.73 Å². The number of benzene rings is 1. The lowest BCUT2D eigenvalue weighted by Gasteiger charge is -2.01. The van der Waals surface area contributed by atoms with Crippen LogP contribution < -0.4 is 5.73 Å². The van der Waals surface area contributed by atoms with Crippen molar-refractivity contribution >= 4 is 5.69 Å². The van der Waals surface area contributed by atoms with Gasteiger partial charge in [0.05, 0.1) is 18.1 Å². The summed E-state index contributed by atoms with van der Waals surface area (Å²) in [5, 5.41) is 0. The van der Waals surface area contributed by atoms with E-state index in [1.165, 1.54) is 12.1 Å². The molecule has 0 saturated heterocycles. The predicted octanol–water partition coefficient (Wildman–Crippen LogP) is 1.98. The second-order valence-corrected chi connectivity index (χ2v) is 3.56. The van der Waals surface area contributed by atoms with Gasteiger partial charge in [0.25, 0.3) is 0 Å². The number of nitrogens with two attached hydrogens (primary N) is 1. The normalized spacial score (nSPS) is 10.3. The van der Waals surface area contributed by atoms with Crippen molar-refractivity contribution in [2.24, 2.45) is 0 Å². The first-order chi connectivity index (χ1) is 7.74. The second kappa shape index (κ2) is 4.70. The van der Waals surface area contributed by atoms with Crippen LogP contribution in [-0.4, -0.2) is 9.97 Å². The highest BCUT2D eigenvalue weighted by atomic mass is 19.1. The molecule has 2 N–H and O–H groups in total. The number of hydrogen-bond acceptors (Lipinski definition) is 3. The van der Waals surface area contributed by atoms with Crippen molar-refractivity contribution in [3.05, 3.63) is 53.9 Å². The molecule has 2 rings (SSSR count). The molecule has 0 amide bonds. The number of halogens is 1. The molecule has 4 heteroatoms. The van der Waals surface area contributed by atoms with Gasteiger partial charge in [-0.2, -0.15) is 0 Å². The molecule has 0 bridgehead atoms. The van der Waals surface area contributed by atoms with E-state index < -0.39 is 0 Å². The standard InChI is InChI=1S/C12H12FN3/c13-10-4-1-9(2-5-10)3-6-12-15-7-11(14)8-16-12/h1-2,4-5,7-8H,3,6,14H2. The van der Waals surface area contributed by atoms with Crippen LogP contribution in [0.25, 0.3) is 0 Å². The second-order valence-electron chi connectivity index (χ2n) is 3.56. The highest BCUT2D eigenvalue weighted by Crippen LogP contribution is 2.06. The summed E-state index contributed by atoms with van der Waals surface area (Å²) in [5.74, 6) is 0.533. The third-order valence-electron chi connectivity index (χ3n) is 2.28. The molecular weight excluding hydrogens is 205 g/mol. The van der Waals surface area contributed by atoms with Crippen molar-refractivity contribution < 1.29 is 4.39 Å². The number of nitrogens with zero attached hydrogens (tertiary/aromatic N) is 2. The quantitative estimate of drug-likeness (QED) is 0.855. The van der Waals surface area contributed by atoms with Gasteiger partial charge in [0.15, 0.2) is 0 Å². The molecule has 0 unspecified atom stereocenters. The number of aromatic nitrogens is 2. The number of nitrogen functional groups attached to an aromatic ring is 1. The van der Waals surface area contributed by atoms with Crippen LogP contribution in [0.2, 0.25) is 0 Å². The van der Waals surface area contributed by atoms with E-state index in [0.29, 0.717) is 5.69 Å². The van der Waals surface area contributed by atoms with Crippen LogP contribution in [-0.2, 0) is 12.8 Å². The molecule has 16 heavy (non-hydrogen) atoms. The summed E-state index contributed by atoms with van der Waals surface area (Å²) in [4.78, 5) is 8.20. The molecule has 0 fully saturated rings. The van der Waals surface area contributed by atoms with Crippen LogP contribution in [0.15, 0.2) is 36.7 Å². The number of aryl methyl sites for hydroxylation is 2. The third kappa shape index (κ3) is 2.76. The Labute approximate surface area is 93.2 Å². The summed E-state index contributed by atoms with van der Waals surface area (Å²) in [6, 6.07) is 6.46. The fourth-order valence-electron chi connectivity index (χ4n) is 1.40. The van der Waals surface area contributed by atoms with Crippen LogP contribution in [0.1, 0.15) is 11.4 Å². The highest BCUT2D eigenvalue weighted by molar-refractivity contribution is 5.30. The lowest BCUT2D eigenvalue weighted by Crippen LogP contribution is -1.99. The zero-order valence-corrected chi connectivity index (χ0v) is 8.73. The Morgan fingerprint density at radius 1 is 1.00 bits per heavy atom. The van der Waals surface area contributed by atoms with Gasteiger partial charge in [0, 0.05) is 6.42 Å². The molecule has 0 radical (unpaired) electrons. The Hall–Kier alpha value is -1.97. The topological polar surface area (TPSA) is 51.8 Å². The van der Waals surface area contributed by atoms with E-state index in [4.69, 9.17) is 5.73 Å². The molecule has 2 aromatic rings. The van der Waals surface area contributed by atoms with Gasteiger partial charge >= 0.3 is 0 Å². The van der Waals surface area contributed by atoms with Gasteiger partial charge in [-0.1, -0.05) is 12.1 Å². The maximum Gasteiger partial charge on any atom is 0.128 e. The molecule has 0 aliphatic rings. The first kappa shape index (κ1) is 10.5. The summed E-state index contributed by atoms with van der Waals surface area (Å²) in [7, 11) is 0. The Bertz CT molecular complexity index is 405. The monoisotopic (exact) mass is 217 g/mol. The first-order valence-corrected chi connectivity index (χ1v) is 5.05. The van der Waals surface area contributed by atoms with Gasteiger partial charge in [0.2, 0.25) is 0 Å². The molecule has 0 atom stereocenters. The maximum absolute atomic E-state index is 12.7. The summed E-state index contributed by atoms with van der Waals surface area (Å²) in [6.45, 7) is 0. The van der Waals surface area contributed by atoms with Crippen LogP contribution in [0.5, 0.6) is 0 Å². The molecule has 3 nitrogen and oxygen atoms in total. The smallest absolute Gasteiger partial charge is 0.128 e. The van der Waals surface area contributed by atoms with Crippen molar-refractivity contribution in [1.82, 2.24) is 9.97 Å². The van der Waals surface area contributed by atoms with E-state index in [1.54, 1.807) is 24.5 Å². The lowest BCUT2D eigenvalue weighted by atomic mass is 10.1. The minimum absolute atomic E-state index is 0.215. The predicted molar refractivity (Wildman–Crippen MR) is 60.3 cm³/mol. The molecule has 0 spiro atoms. The number of anilines is 1. The van der Waals surface area contributed by atoms with Crippen molar-refractivity contribution in [1.29, 1.82) is 0 Å². The van der Waals surface area contributed by atoms with Crippen molar-refractivity contribution in [2.45, 2.75) is 12.8 Å². The lowest BCUT2D eigenvalue weighted by molar-refractivity contribution is 0.627. The van der Waals surface area contributed by atoms with E-state index >= 15 is 0 Å². The Balaban J connectivity index is 1.97. The largest absolute Gasteiger partial charge is 0.396 e. The minimum atomic E-state index is -0.215. The number of hydrogen-bond donors (Lipinski definition) is 1. The Morgan fingerprint density at radius 2 is 1.62 bits per heavy atom. The summed E-state index contributed by atoms with van der Waals surface area (Å²) < 4.78 is 12.7. The zero-order valence-electron chi connectivity index (χ0n) is 8.73.